The first-order chi connectivity index (χ1) is 10.8. The van der Waals surface area contributed by atoms with Crippen molar-refractivity contribution in [3.05, 3.63) is 15.6 Å². The molecule has 1 aromatic heterocycles. The van der Waals surface area contributed by atoms with Crippen molar-refractivity contribution in [2.24, 2.45) is 11.8 Å². The number of ether oxygens (including phenoxy) is 1. The van der Waals surface area contributed by atoms with Crippen molar-refractivity contribution >= 4 is 11.3 Å². The first-order valence-electron chi connectivity index (χ1n) is 8.76. The molecule has 0 aromatic carbocycles. The molecule has 1 aromatic rings. The number of rotatable bonds is 3. The van der Waals surface area contributed by atoms with E-state index < -0.39 is 0 Å². The topological polar surface area (TPSA) is 45.6 Å². The van der Waals surface area contributed by atoms with Crippen LogP contribution in [0.15, 0.2) is 0 Å². The van der Waals surface area contributed by atoms with Gasteiger partial charge in [0.2, 0.25) is 0 Å². The van der Waals surface area contributed by atoms with Gasteiger partial charge in [-0.15, -0.1) is 11.3 Å². The number of aliphatic hydroxyl groups excluding tert-OH is 1. The molecule has 0 unspecified atom stereocenters. The van der Waals surface area contributed by atoms with Crippen LogP contribution in [0.4, 0.5) is 0 Å². The van der Waals surface area contributed by atoms with Gasteiger partial charge in [0.05, 0.1) is 23.9 Å². The maximum Gasteiger partial charge on any atom is 0.107 e. The fourth-order valence-electron chi connectivity index (χ4n) is 5.32. The minimum absolute atomic E-state index is 0.0505. The van der Waals surface area contributed by atoms with E-state index >= 15 is 0 Å². The summed E-state index contributed by atoms with van der Waals surface area (Å²) in [6, 6.07) is 0. The van der Waals surface area contributed by atoms with Crippen LogP contribution in [0.1, 0.15) is 41.3 Å². The van der Waals surface area contributed by atoms with E-state index in [9.17, 15) is 5.11 Å². The van der Waals surface area contributed by atoms with Crippen LogP contribution in [0.5, 0.6) is 0 Å². The van der Waals surface area contributed by atoms with Gasteiger partial charge in [-0.2, -0.15) is 0 Å². The first kappa shape index (κ1) is 13.9. The van der Waals surface area contributed by atoms with Crippen LogP contribution in [-0.2, 0) is 24.1 Å². The fourth-order valence-corrected chi connectivity index (χ4v) is 6.51. The van der Waals surface area contributed by atoms with E-state index in [1.54, 1.807) is 0 Å². The van der Waals surface area contributed by atoms with Crippen molar-refractivity contribution in [3.8, 4) is 0 Å². The van der Waals surface area contributed by atoms with Crippen LogP contribution in [-0.4, -0.2) is 46.4 Å². The van der Waals surface area contributed by atoms with Crippen LogP contribution in [0.3, 0.4) is 0 Å². The summed E-state index contributed by atoms with van der Waals surface area (Å²) in [5.74, 6) is 0.897. The molecule has 1 spiro atoms. The van der Waals surface area contributed by atoms with Gasteiger partial charge in [-0.3, -0.25) is 4.90 Å². The maximum atomic E-state index is 9.71. The van der Waals surface area contributed by atoms with E-state index in [1.807, 2.05) is 11.3 Å². The number of aromatic nitrogens is 1. The average Bonchev–Trinajstić information content (AvgIpc) is 3.23. The number of fused-ring (bicyclic) bond motifs is 2. The standard InChI is InChI=1S/C17H24N2O2S/c20-9-11-12-7-19(10-17(12)6-5-14(11)21-17)8-16-18-13-3-1-2-4-15(13)22-16/h11-12,14,20H,1-10H2/t11-,12+,14+,17+/m1/s1. The Morgan fingerprint density at radius 2 is 2.27 bits per heavy atom. The summed E-state index contributed by atoms with van der Waals surface area (Å²) in [6.07, 6.45) is 7.69. The Balaban J connectivity index is 1.33. The molecule has 4 nitrogen and oxygen atoms in total. The molecule has 0 saturated carbocycles. The van der Waals surface area contributed by atoms with Gasteiger partial charge in [-0.05, 0) is 38.5 Å². The highest BCUT2D eigenvalue weighted by atomic mass is 32.1. The Labute approximate surface area is 135 Å². The van der Waals surface area contributed by atoms with Gasteiger partial charge in [0.25, 0.3) is 0 Å². The Morgan fingerprint density at radius 1 is 1.36 bits per heavy atom. The van der Waals surface area contributed by atoms with Gasteiger partial charge in [0.15, 0.2) is 0 Å². The molecule has 3 fully saturated rings. The van der Waals surface area contributed by atoms with Crippen LogP contribution in [0, 0.1) is 11.8 Å². The normalized spacial score (nSPS) is 40.1. The van der Waals surface area contributed by atoms with Crippen molar-refractivity contribution in [1.82, 2.24) is 9.88 Å². The van der Waals surface area contributed by atoms with Crippen LogP contribution in [0.25, 0.3) is 0 Å². The molecule has 1 aliphatic carbocycles. The van der Waals surface area contributed by atoms with E-state index in [4.69, 9.17) is 9.72 Å². The Morgan fingerprint density at radius 3 is 3.14 bits per heavy atom. The number of nitrogens with zero attached hydrogens (tertiary/aromatic N) is 2. The molecule has 3 saturated heterocycles. The minimum atomic E-state index is 0.0505. The smallest absolute Gasteiger partial charge is 0.107 e. The molecule has 1 N–H and O–H groups in total. The second-order valence-corrected chi connectivity index (χ2v) is 8.74. The zero-order valence-corrected chi connectivity index (χ0v) is 13.8. The zero-order valence-electron chi connectivity index (χ0n) is 13.0. The molecule has 4 heterocycles. The largest absolute Gasteiger partial charge is 0.396 e. The summed E-state index contributed by atoms with van der Waals surface area (Å²) in [5, 5.41) is 11.0. The Kier molecular flexibility index (Phi) is 3.16. The number of likely N-dealkylation sites (tertiary alicyclic amines) is 1. The Hall–Kier alpha value is -0.490. The van der Waals surface area contributed by atoms with Gasteiger partial charge in [-0.1, -0.05) is 0 Å². The molecule has 120 valence electrons. The minimum Gasteiger partial charge on any atom is -0.396 e. The second kappa shape index (κ2) is 5.00. The summed E-state index contributed by atoms with van der Waals surface area (Å²) in [4.78, 5) is 8.95. The molecule has 5 rings (SSSR count). The highest BCUT2D eigenvalue weighted by molar-refractivity contribution is 7.11. The number of hydrogen-bond acceptors (Lipinski definition) is 5. The van der Waals surface area contributed by atoms with Crippen molar-refractivity contribution in [1.29, 1.82) is 0 Å². The monoisotopic (exact) mass is 320 g/mol. The van der Waals surface area contributed by atoms with Crippen LogP contribution < -0.4 is 0 Å². The lowest BCUT2D eigenvalue weighted by atomic mass is 9.74. The maximum absolute atomic E-state index is 9.71. The molecular formula is C17H24N2O2S. The van der Waals surface area contributed by atoms with E-state index in [0.717, 1.165) is 26.1 Å². The lowest BCUT2D eigenvalue weighted by Crippen LogP contribution is -2.37. The molecule has 4 atom stereocenters. The van der Waals surface area contributed by atoms with Crippen molar-refractivity contribution in [2.75, 3.05) is 19.7 Å². The molecule has 4 aliphatic rings. The zero-order chi connectivity index (χ0) is 14.7. The quantitative estimate of drug-likeness (QED) is 0.925. The molecule has 0 radical (unpaired) electrons. The molecule has 22 heavy (non-hydrogen) atoms. The van der Waals surface area contributed by atoms with Gasteiger partial charge in [-0.25, -0.2) is 4.98 Å². The molecule has 3 aliphatic heterocycles. The summed E-state index contributed by atoms with van der Waals surface area (Å²) < 4.78 is 6.32. The lowest BCUT2D eigenvalue weighted by Gasteiger charge is -2.28. The van der Waals surface area contributed by atoms with Crippen LogP contribution in [0.2, 0.25) is 0 Å². The second-order valence-electron chi connectivity index (χ2n) is 7.57. The first-order valence-corrected chi connectivity index (χ1v) is 9.57. The third kappa shape index (κ3) is 1.95. The third-order valence-corrected chi connectivity index (χ3v) is 7.46. The number of hydrogen-bond donors (Lipinski definition) is 1. The summed E-state index contributed by atoms with van der Waals surface area (Å²) in [6.45, 7) is 3.37. The summed E-state index contributed by atoms with van der Waals surface area (Å²) in [5.41, 5.74) is 1.42. The molecular weight excluding hydrogens is 296 g/mol. The molecule has 5 heteroatoms. The third-order valence-electron chi connectivity index (χ3n) is 6.31. The highest BCUT2D eigenvalue weighted by Gasteiger charge is 2.62. The molecule has 2 bridgehead atoms. The van der Waals surface area contributed by atoms with Gasteiger partial charge < -0.3 is 9.84 Å². The van der Waals surface area contributed by atoms with Gasteiger partial charge >= 0.3 is 0 Å². The Bertz CT molecular complexity index is 566. The van der Waals surface area contributed by atoms with E-state index in [1.165, 1.54) is 47.7 Å². The number of thiazole rings is 1. The van der Waals surface area contributed by atoms with E-state index in [-0.39, 0.29) is 12.2 Å². The summed E-state index contributed by atoms with van der Waals surface area (Å²) >= 11 is 1.93. The number of aliphatic hydroxyl groups is 1. The summed E-state index contributed by atoms with van der Waals surface area (Å²) in [7, 11) is 0. The molecule has 0 amide bonds. The lowest BCUT2D eigenvalue weighted by molar-refractivity contribution is 0.000376. The SMILES string of the molecule is OC[C@H]1[C@@H]2CC[C@@]3(CN(Cc4nc5c(s4)CCCC5)C[C@@H]13)O2. The predicted octanol–water partition coefficient (Wildman–Crippen LogP) is 1.99. The highest BCUT2D eigenvalue weighted by Crippen LogP contribution is 2.54. The van der Waals surface area contributed by atoms with E-state index in [2.05, 4.69) is 4.90 Å². The van der Waals surface area contributed by atoms with Crippen LogP contribution >= 0.6 is 11.3 Å². The average molecular weight is 320 g/mol. The van der Waals surface area contributed by atoms with Gasteiger partial charge in [0, 0.05) is 36.4 Å². The van der Waals surface area contributed by atoms with Gasteiger partial charge in [0.1, 0.15) is 5.01 Å². The van der Waals surface area contributed by atoms with Crippen molar-refractivity contribution in [3.63, 3.8) is 0 Å². The van der Waals surface area contributed by atoms with Crippen molar-refractivity contribution in [2.45, 2.75) is 56.8 Å². The van der Waals surface area contributed by atoms with Crippen molar-refractivity contribution < 1.29 is 9.84 Å². The fraction of sp³-hybridized carbons (Fsp3) is 0.824. The number of aryl methyl sites for hydroxylation is 2. The predicted molar refractivity (Wildman–Crippen MR) is 84.9 cm³/mol. The van der Waals surface area contributed by atoms with E-state index in [0.29, 0.717) is 17.9 Å².